The number of hydrogen-bond donors (Lipinski definition) is 5. The Balaban J connectivity index is 0.923. The lowest BCUT2D eigenvalue weighted by molar-refractivity contribution is -0.136. The Morgan fingerprint density at radius 3 is 2.53 bits per heavy atom. The molecule has 9 rings (SSSR count). The van der Waals surface area contributed by atoms with E-state index in [0.29, 0.717) is 72.4 Å². The van der Waals surface area contributed by atoms with Crippen LogP contribution in [-0.4, -0.2) is 90.6 Å². The first-order valence-electron chi connectivity index (χ1n) is 20.1. The normalized spacial score (nSPS) is 16.5. The Hall–Kier alpha value is -7.11. The summed E-state index contributed by atoms with van der Waals surface area (Å²) in [5.74, 6) is 0.178. The Labute approximate surface area is 342 Å². The van der Waals surface area contributed by atoms with E-state index in [4.69, 9.17) is 24.3 Å². The van der Waals surface area contributed by atoms with Gasteiger partial charge in [-0.25, -0.2) is 14.6 Å². The van der Waals surface area contributed by atoms with Crippen LogP contribution in [0.5, 0.6) is 5.75 Å². The molecule has 3 aliphatic rings. The Kier molecular flexibility index (Phi) is 9.76. The molecule has 5 amide bonds. The number of amides is 5. The number of nitrogens with zero attached hydrogens (tertiary/aromatic N) is 6. The molecule has 1 aliphatic carbocycles. The second kappa shape index (κ2) is 15.2. The van der Waals surface area contributed by atoms with Crippen molar-refractivity contribution in [3.8, 4) is 16.9 Å². The maximum atomic E-state index is 13.7. The zero-order valence-corrected chi connectivity index (χ0v) is 33.5. The number of carbonyl (C=O) groups is 5. The van der Waals surface area contributed by atoms with Gasteiger partial charge in [0.15, 0.2) is 0 Å². The molecule has 1 atom stereocenters. The summed E-state index contributed by atoms with van der Waals surface area (Å²) in [6.45, 7) is 7.14. The van der Waals surface area contributed by atoms with E-state index in [1.54, 1.807) is 25.3 Å². The summed E-state index contributed by atoms with van der Waals surface area (Å²) in [5, 5.41) is 22.3. The van der Waals surface area contributed by atoms with Crippen LogP contribution < -0.4 is 26.0 Å². The maximum absolute atomic E-state index is 13.7. The number of H-pyrrole nitrogens is 1. The first-order chi connectivity index (χ1) is 29.0. The molecule has 6 heterocycles. The number of aromatic nitrogens is 6. The third-order valence-electron chi connectivity index (χ3n) is 11.3. The van der Waals surface area contributed by atoms with Gasteiger partial charge in [-0.2, -0.15) is 5.10 Å². The molecule has 1 saturated heterocycles. The van der Waals surface area contributed by atoms with Gasteiger partial charge in [0.1, 0.15) is 34.8 Å². The number of methoxy groups -OCH3 is 1. The average molecular weight is 814 g/mol. The number of benzene rings is 2. The third-order valence-corrected chi connectivity index (χ3v) is 11.3. The molecule has 2 aliphatic heterocycles. The number of anilines is 3. The van der Waals surface area contributed by atoms with E-state index >= 15 is 0 Å². The summed E-state index contributed by atoms with van der Waals surface area (Å²) >= 11 is 0. The predicted octanol–water partition coefficient (Wildman–Crippen LogP) is 5.25. The minimum absolute atomic E-state index is 0.0267. The maximum Gasteiger partial charge on any atom is 0.289 e. The quantitative estimate of drug-likeness (QED) is 0.0700. The highest BCUT2D eigenvalue weighted by Gasteiger charge is 2.45. The number of hydrogen-bond acceptors (Lipinski definition) is 13. The predicted molar refractivity (Wildman–Crippen MR) is 219 cm³/mol. The van der Waals surface area contributed by atoms with Crippen molar-refractivity contribution in [2.75, 3.05) is 30.8 Å². The second-order valence-corrected chi connectivity index (χ2v) is 15.3. The Bertz CT molecular complexity index is 2740. The fourth-order valence-electron chi connectivity index (χ4n) is 8.14. The molecular weight excluding hydrogens is 771 g/mol. The highest BCUT2D eigenvalue weighted by molar-refractivity contribution is 6.25. The van der Waals surface area contributed by atoms with Crippen LogP contribution in [0, 0.1) is 13.8 Å². The Morgan fingerprint density at radius 1 is 0.983 bits per heavy atom. The molecule has 18 heteroatoms. The van der Waals surface area contributed by atoms with E-state index in [2.05, 4.69) is 31.4 Å². The first kappa shape index (κ1) is 38.4. The first-order valence-corrected chi connectivity index (χ1v) is 20.1. The van der Waals surface area contributed by atoms with Gasteiger partial charge in [0.25, 0.3) is 17.7 Å². The van der Waals surface area contributed by atoms with Gasteiger partial charge in [-0.15, -0.1) is 0 Å². The fraction of sp³-hybridized carbons (Fsp3) is 0.357. The van der Waals surface area contributed by atoms with Crippen molar-refractivity contribution in [3.05, 3.63) is 70.5 Å². The number of nitrogens with one attached hydrogen (secondary N) is 5. The van der Waals surface area contributed by atoms with Crippen LogP contribution in [0.2, 0.25) is 0 Å². The summed E-state index contributed by atoms with van der Waals surface area (Å²) in [6, 6.07) is 9.82. The number of aryl methyl sites for hydroxylation is 3. The van der Waals surface area contributed by atoms with Gasteiger partial charge in [0, 0.05) is 60.2 Å². The standard InChI is InChI=1S/C42H43N11O7/c1-5-52-31(19-27(50-52)22-11-12-22)46-37-35-24-18-30(59-4)25(33-20(2)51-60-21(33)3)17-28(24)45-36(35)48-38(49-37)40(56)44-16-7-6-15-43-26-10-8-9-23-34(26)42(58)53(41(23)57)29-13-14-32(54)47-39(29)55/h8-10,17-19,22,29,43H,5-7,11-16H2,1-4H3,(H,44,56)(H,47,54,55)(H2,45,46,48,49). The zero-order valence-electron chi connectivity index (χ0n) is 33.5. The SMILES string of the molecule is CCn1nc(C2CC2)cc1Nc1nc(C(=O)NCCCCNc2cccc3c2C(=O)N(C2CCC(=O)NC2=O)C3=O)nc2[nH]c3cc(-c4c(C)noc4C)c(OC)cc3c12. The van der Waals surface area contributed by atoms with E-state index in [0.717, 1.165) is 57.0 Å². The van der Waals surface area contributed by atoms with Crippen molar-refractivity contribution in [2.45, 2.75) is 77.8 Å². The molecule has 0 radical (unpaired) electrons. The summed E-state index contributed by atoms with van der Waals surface area (Å²) < 4.78 is 13.2. The summed E-state index contributed by atoms with van der Waals surface area (Å²) in [4.78, 5) is 78.4. The molecule has 1 saturated carbocycles. The molecule has 2 aromatic carbocycles. The van der Waals surface area contributed by atoms with Gasteiger partial charge in [0.2, 0.25) is 17.6 Å². The molecule has 308 valence electrons. The fourth-order valence-corrected chi connectivity index (χ4v) is 8.14. The minimum Gasteiger partial charge on any atom is -0.496 e. The molecule has 60 heavy (non-hydrogen) atoms. The largest absolute Gasteiger partial charge is 0.496 e. The van der Waals surface area contributed by atoms with Crippen LogP contribution >= 0.6 is 0 Å². The van der Waals surface area contributed by atoms with Crippen molar-refractivity contribution in [1.82, 2.24) is 45.4 Å². The van der Waals surface area contributed by atoms with Crippen LogP contribution in [0.1, 0.15) is 99.8 Å². The van der Waals surface area contributed by atoms with Crippen molar-refractivity contribution >= 4 is 68.8 Å². The molecule has 5 N–H and O–H groups in total. The van der Waals surface area contributed by atoms with E-state index in [1.807, 2.05) is 43.7 Å². The monoisotopic (exact) mass is 813 g/mol. The van der Waals surface area contributed by atoms with Crippen LogP contribution in [-0.2, 0) is 16.1 Å². The number of aromatic amines is 1. The average Bonchev–Trinajstić information content (AvgIpc) is 3.68. The van der Waals surface area contributed by atoms with Crippen molar-refractivity contribution < 1.29 is 33.2 Å². The van der Waals surface area contributed by atoms with E-state index < -0.39 is 35.6 Å². The highest BCUT2D eigenvalue weighted by atomic mass is 16.5. The van der Waals surface area contributed by atoms with Gasteiger partial charge in [-0.05, 0) is 77.1 Å². The molecule has 0 bridgehead atoms. The van der Waals surface area contributed by atoms with Crippen molar-refractivity contribution in [1.29, 1.82) is 0 Å². The van der Waals surface area contributed by atoms with Gasteiger partial charge in [-0.3, -0.25) is 34.2 Å². The van der Waals surface area contributed by atoms with Crippen LogP contribution in [0.15, 0.2) is 40.9 Å². The van der Waals surface area contributed by atoms with Gasteiger partial charge < -0.3 is 30.2 Å². The number of rotatable bonds is 14. The van der Waals surface area contributed by atoms with Crippen molar-refractivity contribution in [3.63, 3.8) is 0 Å². The summed E-state index contributed by atoms with van der Waals surface area (Å²) in [7, 11) is 1.61. The molecule has 1 unspecified atom stereocenters. The number of imide groups is 2. The van der Waals surface area contributed by atoms with E-state index in [-0.39, 0.29) is 29.8 Å². The minimum atomic E-state index is -1.05. The molecular formula is C42H43N11O7. The second-order valence-electron chi connectivity index (χ2n) is 15.3. The lowest BCUT2D eigenvalue weighted by atomic mass is 10.0. The topological polar surface area (TPSA) is 231 Å². The number of ether oxygens (including phenoxy) is 1. The van der Waals surface area contributed by atoms with Gasteiger partial charge in [0.05, 0.1) is 40.6 Å². The van der Waals surface area contributed by atoms with Crippen LogP contribution in [0.25, 0.3) is 33.1 Å². The number of unbranched alkanes of at least 4 members (excludes halogenated alkanes) is 1. The molecule has 2 fully saturated rings. The van der Waals surface area contributed by atoms with E-state index in [1.165, 1.54) is 0 Å². The molecule has 0 spiro atoms. The third kappa shape index (κ3) is 6.76. The van der Waals surface area contributed by atoms with Gasteiger partial charge in [-0.1, -0.05) is 11.2 Å². The smallest absolute Gasteiger partial charge is 0.289 e. The lowest BCUT2D eigenvalue weighted by Gasteiger charge is -2.27. The van der Waals surface area contributed by atoms with E-state index in [9.17, 15) is 24.0 Å². The summed E-state index contributed by atoms with van der Waals surface area (Å²) in [5.41, 5.74) is 5.45. The Morgan fingerprint density at radius 2 is 1.80 bits per heavy atom. The molecule has 18 nitrogen and oxygen atoms in total. The summed E-state index contributed by atoms with van der Waals surface area (Å²) in [6.07, 6.45) is 3.52. The molecule has 6 aromatic rings. The zero-order chi connectivity index (χ0) is 41.8. The van der Waals surface area contributed by atoms with Crippen LogP contribution in [0.3, 0.4) is 0 Å². The van der Waals surface area contributed by atoms with Crippen LogP contribution in [0.4, 0.5) is 17.3 Å². The number of carbonyl (C=O) groups excluding carboxylic acids is 5. The number of fused-ring (bicyclic) bond motifs is 4. The lowest BCUT2D eigenvalue weighted by Crippen LogP contribution is -2.54. The number of piperidine rings is 1. The molecule has 4 aromatic heterocycles. The van der Waals surface area contributed by atoms with Crippen molar-refractivity contribution in [2.24, 2.45) is 0 Å². The van der Waals surface area contributed by atoms with Gasteiger partial charge >= 0.3 is 0 Å². The highest BCUT2D eigenvalue weighted by Crippen LogP contribution is 2.43.